The van der Waals surface area contributed by atoms with Gasteiger partial charge in [-0.25, -0.2) is 4.57 Å². The fourth-order valence-corrected chi connectivity index (χ4v) is 5.76. The minimum atomic E-state index is -5.37. The van der Waals surface area contributed by atoms with E-state index in [1.54, 1.807) is 72.8 Å². The second kappa shape index (κ2) is 10.5. The number of methoxy groups -OCH3 is 2. The zero-order valence-corrected chi connectivity index (χ0v) is 20.2. The van der Waals surface area contributed by atoms with Crippen LogP contribution in [0.2, 0.25) is 0 Å². The quantitative estimate of drug-likeness (QED) is 0.228. The molecular weight excluding hydrogens is 483 g/mol. The average Bonchev–Trinajstić information content (AvgIpc) is 2.82. The van der Waals surface area contributed by atoms with E-state index in [1.165, 1.54) is 0 Å². The van der Waals surface area contributed by atoms with Crippen LogP contribution in [-0.2, 0) is 38.5 Å². The first-order valence-corrected chi connectivity index (χ1v) is 13.1. The monoisotopic (exact) mass is 508 g/mol. The molecule has 2 N–H and O–H groups in total. The third-order valence-corrected chi connectivity index (χ3v) is 7.43. The largest absolute Gasteiger partial charge is 0.484 e. The van der Waals surface area contributed by atoms with Gasteiger partial charge in [0.1, 0.15) is 5.60 Å². The Morgan fingerprint density at radius 2 is 1.09 bits per heavy atom. The van der Waals surface area contributed by atoms with Gasteiger partial charge in [-0.2, -0.15) is 12.4 Å². The molecule has 182 valence electrons. The van der Waals surface area contributed by atoms with Crippen LogP contribution in [0.5, 0.6) is 0 Å². The maximum Gasteiger partial charge on any atom is 0.484 e. The molecule has 0 saturated carbocycles. The SMILES string of the molecule is COC(CS(=O)(=O)OP(=O)(O)O)(OC)OC(c1ccccc1)(c1ccccc1)c1ccccc1. The number of hydrogen-bond acceptors (Lipinski definition) is 7. The minimum absolute atomic E-state index is 0.624. The number of ether oxygens (including phenoxy) is 3. The van der Waals surface area contributed by atoms with Gasteiger partial charge in [0.25, 0.3) is 10.1 Å². The van der Waals surface area contributed by atoms with Crippen molar-refractivity contribution in [2.75, 3.05) is 20.0 Å². The van der Waals surface area contributed by atoms with Crippen molar-refractivity contribution in [3.05, 3.63) is 108 Å². The predicted octanol–water partition coefficient (Wildman–Crippen LogP) is 3.38. The molecule has 0 bridgehead atoms. The highest BCUT2D eigenvalue weighted by molar-refractivity contribution is 7.90. The van der Waals surface area contributed by atoms with Crippen molar-refractivity contribution in [1.82, 2.24) is 0 Å². The van der Waals surface area contributed by atoms with Gasteiger partial charge in [-0.15, -0.1) is 0 Å². The van der Waals surface area contributed by atoms with Crippen molar-refractivity contribution in [3.63, 3.8) is 0 Å². The molecule has 0 heterocycles. The van der Waals surface area contributed by atoms with E-state index in [1.807, 2.05) is 18.2 Å². The second-order valence-electron chi connectivity index (χ2n) is 7.24. The summed E-state index contributed by atoms with van der Waals surface area (Å²) in [5.41, 5.74) is 0.422. The highest BCUT2D eigenvalue weighted by Gasteiger charge is 2.50. The smallest absolute Gasteiger partial charge is 0.330 e. The van der Waals surface area contributed by atoms with Crippen LogP contribution in [0.1, 0.15) is 16.7 Å². The molecule has 0 atom stereocenters. The lowest BCUT2D eigenvalue weighted by Gasteiger charge is -2.42. The zero-order valence-electron chi connectivity index (χ0n) is 18.5. The summed E-state index contributed by atoms with van der Waals surface area (Å²) in [5, 5.41) is 0. The number of benzene rings is 3. The molecule has 0 aliphatic heterocycles. The molecule has 0 fully saturated rings. The summed E-state index contributed by atoms with van der Waals surface area (Å²) in [5.74, 6) is -3.50. The van der Waals surface area contributed by atoms with Crippen LogP contribution in [0.25, 0.3) is 0 Å². The van der Waals surface area contributed by atoms with Gasteiger partial charge in [0.2, 0.25) is 0 Å². The van der Waals surface area contributed by atoms with E-state index in [-0.39, 0.29) is 0 Å². The van der Waals surface area contributed by atoms with Gasteiger partial charge in [0, 0.05) is 14.2 Å². The van der Waals surface area contributed by atoms with Crippen LogP contribution in [-0.4, -0.2) is 44.2 Å². The molecule has 3 aromatic carbocycles. The van der Waals surface area contributed by atoms with E-state index >= 15 is 0 Å². The standard InChI is InChI=1S/C23H25O9PS/c1-29-22(30-2,18-34(27,28)32-33(24,25)26)31-23(19-12-6-3-7-13-19,20-14-8-4-9-15-20)21-16-10-5-11-17-21/h3-17H,18H2,1-2H3,(H2,24,25,26). The van der Waals surface area contributed by atoms with Crippen LogP contribution < -0.4 is 0 Å². The normalized spacial score (nSPS) is 13.1. The van der Waals surface area contributed by atoms with Crippen molar-refractivity contribution >= 4 is 17.9 Å². The Morgan fingerprint density at radius 1 is 0.735 bits per heavy atom. The van der Waals surface area contributed by atoms with Gasteiger partial charge in [-0.3, -0.25) is 0 Å². The van der Waals surface area contributed by atoms with E-state index < -0.39 is 35.3 Å². The van der Waals surface area contributed by atoms with Crippen LogP contribution in [0, 0.1) is 0 Å². The summed E-state index contributed by atoms with van der Waals surface area (Å²) >= 11 is 0. The van der Waals surface area contributed by atoms with Gasteiger partial charge in [0.05, 0.1) is 0 Å². The molecule has 0 unspecified atom stereocenters. The van der Waals surface area contributed by atoms with E-state index in [0.29, 0.717) is 16.7 Å². The van der Waals surface area contributed by atoms with Gasteiger partial charge < -0.3 is 24.0 Å². The summed E-state index contributed by atoms with van der Waals surface area (Å²) in [6.07, 6.45) is 0. The van der Waals surface area contributed by atoms with Gasteiger partial charge >= 0.3 is 13.8 Å². The molecule has 0 spiro atoms. The third-order valence-electron chi connectivity index (χ3n) is 5.04. The summed E-state index contributed by atoms with van der Waals surface area (Å²) < 4.78 is 57.6. The number of rotatable bonds is 11. The Morgan fingerprint density at radius 3 is 1.38 bits per heavy atom. The van der Waals surface area contributed by atoms with E-state index in [0.717, 1.165) is 14.2 Å². The molecule has 0 aliphatic carbocycles. The molecule has 0 aliphatic rings. The summed E-state index contributed by atoms with van der Waals surface area (Å²) in [6, 6.07) is 27.1. The van der Waals surface area contributed by atoms with Gasteiger partial charge in [-0.05, 0) is 16.7 Å². The van der Waals surface area contributed by atoms with Crippen molar-refractivity contribution < 1.29 is 41.0 Å². The summed E-state index contributed by atoms with van der Waals surface area (Å²) in [7, 11) is -7.94. The maximum atomic E-state index is 12.5. The van der Waals surface area contributed by atoms with E-state index in [4.69, 9.17) is 24.0 Å². The lowest BCUT2D eigenvalue weighted by molar-refractivity contribution is -0.374. The number of phosphoric acid groups is 1. The second-order valence-corrected chi connectivity index (χ2v) is 10.2. The molecule has 11 heteroatoms. The first-order chi connectivity index (χ1) is 16.1. The van der Waals surface area contributed by atoms with Crippen molar-refractivity contribution in [2.24, 2.45) is 0 Å². The maximum absolute atomic E-state index is 12.5. The fourth-order valence-electron chi connectivity index (χ4n) is 3.63. The molecule has 34 heavy (non-hydrogen) atoms. The topological polar surface area (TPSA) is 129 Å². The Hall–Kier alpha value is -2.40. The lowest BCUT2D eigenvalue weighted by atomic mass is 9.80. The Bertz CT molecular complexity index is 1110. The molecule has 0 radical (unpaired) electrons. The van der Waals surface area contributed by atoms with E-state index in [9.17, 15) is 13.0 Å². The molecule has 0 aromatic heterocycles. The summed E-state index contributed by atoms with van der Waals surface area (Å²) in [6.45, 7) is 0. The van der Waals surface area contributed by atoms with Crippen LogP contribution in [0.15, 0.2) is 91.0 Å². The average molecular weight is 508 g/mol. The van der Waals surface area contributed by atoms with E-state index in [2.05, 4.69) is 3.97 Å². The van der Waals surface area contributed by atoms with Crippen LogP contribution in [0.3, 0.4) is 0 Å². The fraction of sp³-hybridized carbons (Fsp3) is 0.217. The number of hydrogen-bond donors (Lipinski definition) is 2. The van der Waals surface area contributed by atoms with Crippen LogP contribution >= 0.6 is 7.82 Å². The predicted molar refractivity (Wildman–Crippen MR) is 124 cm³/mol. The lowest BCUT2D eigenvalue weighted by Crippen LogP contribution is -2.51. The molecule has 0 saturated heterocycles. The molecule has 0 amide bonds. The van der Waals surface area contributed by atoms with Gasteiger partial charge in [0.15, 0.2) is 5.75 Å². The van der Waals surface area contributed by atoms with Gasteiger partial charge in [-0.1, -0.05) is 91.0 Å². The molecule has 3 aromatic rings. The highest BCUT2D eigenvalue weighted by Crippen LogP contribution is 2.45. The van der Waals surface area contributed by atoms with Crippen molar-refractivity contribution in [2.45, 2.75) is 11.6 Å². The Balaban J connectivity index is 2.26. The minimum Gasteiger partial charge on any atom is -0.330 e. The van der Waals surface area contributed by atoms with Crippen molar-refractivity contribution in [3.8, 4) is 0 Å². The van der Waals surface area contributed by atoms with Crippen LogP contribution in [0.4, 0.5) is 0 Å². The Kier molecular flexibility index (Phi) is 8.07. The summed E-state index contributed by atoms with van der Waals surface area (Å²) in [4.78, 5) is 18.1. The molecule has 3 rings (SSSR count). The highest BCUT2D eigenvalue weighted by atomic mass is 32.2. The third kappa shape index (κ3) is 5.99. The van der Waals surface area contributed by atoms with Crippen molar-refractivity contribution in [1.29, 1.82) is 0 Å². The first-order valence-electron chi connectivity index (χ1n) is 10.0. The molecule has 9 nitrogen and oxygen atoms in total. The first kappa shape index (κ1) is 26.2. The zero-order chi connectivity index (χ0) is 24.9. The Labute approximate surface area is 198 Å². The molecular formula is C23H25O9PS.